The summed E-state index contributed by atoms with van der Waals surface area (Å²) in [5, 5.41) is 15.0. The Morgan fingerprint density at radius 3 is 2.00 bits per heavy atom. The third kappa shape index (κ3) is 6.14. The molecule has 0 saturated carbocycles. The Kier molecular flexibility index (Phi) is 8.07. The Morgan fingerprint density at radius 2 is 1.25 bits per heavy atom. The standard InChI is InChI=1S/C44H33N3S/c45-43(34-18-16-32(17-19-34)30-10-4-1-5-11-30)47-44(35-14-8-3-9-15-35)46-38-24-20-33(21-25-38)37-22-26-39-40-28-36(31-12-6-2-7-13-31)23-27-41(40)48-42(39)29-37/h1-6,8-12,14-29H,7,13H2,(H2,45,46,47). The molecule has 0 saturated heterocycles. The van der Waals surface area contributed by atoms with Crippen LogP contribution in [0.2, 0.25) is 0 Å². The van der Waals surface area contributed by atoms with E-state index in [1.165, 1.54) is 36.9 Å². The van der Waals surface area contributed by atoms with E-state index in [1.807, 2.05) is 84.1 Å². The van der Waals surface area contributed by atoms with Crippen LogP contribution in [-0.2, 0) is 0 Å². The number of aliphatic imine (C=N–C) groups is 1. The van der Waals surface area contributed by atoms with Gasteiger partial charge in [0.25, 0.3) is 0 Å². The Balaban J connectivity index is 1.04. The first-order valence-corrected chi connectivity index (χ1v) is 17.1. The molecule has 1 aliphatic rings. The summed E-state index contributed by atoms with van der Waals surface area (Å²) in [5.74, 6) is 0.834. The second-order valence-electron chi connectivity index (χ2n) is 12.0. The number of benzene rings is 6. The zero-order chi connectivity index (χ0) is 32.3. The minimum absolute atomic E-state index is 0.202. The molecule has 3 nitrogen and oxygen atoms in total. The lowest BCUT2D eigenvalue weighted by molar-refractivity contribution is 1.05. The number of hydrogen-bond donors (Lipinski definition) is 2. The van der Waals surface area contributed by atoms with Gasteiger partial charge in [0.05, 0.1) is 0 Å². The number of hydrogen-bond acceptors (Lipinski definition) is 2. The molecule has 7 aromatic rings. The van der Waals surface area contributed by atoms with E-state index in [4.69, 9.17) is 10.4 Å². The zero-order valence-electron chi connectivity index (χ0n) is 26.4. The monoisotopic (exact) mass is 635 g/mol. The van der Waals surface area contributed by atoms with Crippen LogP contribution in [0.15, 0.2) is 169 Å². The van der Waals surface area contributed by atoms with Crippen LogP contribution in [0.3, 0.4) is 0 Å². The molecule has 1 aromatic heterocycles. The van der Waals surface area contributed by atoms with E-state index in [1.54, 1.807) is 0 Å². The van der Waals surface area contributed by atoms with Crippen molar-refractivity contribution in [3.05, 3.63) is 181 Å². The summed E-state index contributed by atoms with van der Waals surface area (Å²) in [6.07, 6.45) is 8.87. The fourth-order valence-electron chi connectivity index (χ4n) is 6.27. The van der Waals surface area contributed by atoms with Gasteiger partial charge < -0.3 is 5.32 Å². The van der Waals surface area contributed by atoms with Gasteiger partial charge in [-0.1, -0.05) is 133 Å². The van der Waals surface area contributed by atoms with Crippen LogP contribution in [-0.4, -0.2) is 11.7 Å². The lowest BCUT2D eigenvalue weighted by atomic mass is 9.96. The minimum Gasteiger partial charge on any atom is -0.340 e. The highest BCUT2D eigenvalue weighted by Crippen LogP contribution is 2.38. The summed E-state index contributed by atoms with van der Waals surface area (Å²) in [6, 6.07) is 50.5. The van der Waals surface area contributed by atoms with E-state index in [9.17, 15) is 0 Å². The summed E-state index contributed by atoms with van der Waals surface area (Å²) < 4.78 is 2.62. The van der Waals surface area contributed by atoms with Gasteiger partial charge in [0, 0.05) is 37.0 Å². The largest absolute Gasteiger partial charge is 0.340 e. The maximum Gasteiger partial charge on any atom is 0.154 e. The van der Waals surface area contributed by atoms with Crippen LogP contribution in [0.25, 0.3) is 48.0 Å². The number of rotatable bonds is 6. The van der Waals surface area contributed by atoms with Gasteiger partial charge in [-0.3, -0.25) is 5.41 Å². The molecule has 1 heterocycles. The van der Waals surface area contributed by atoms with E-state index in [-0.39, 0.29) is 5.84 Å². The predicted molar refractivity (Wildman–Crippen MR) is 206 cm³/mol. The van der Waals surface area contributed by atoms with Crippen LogP contribution >= 0.6 is 11.3 Å². The highest BCUT2D eigenvalue weighted by molar-refractivity contribution is 7.25. The number of thiophene rings is 1. The number of nitrogens with zero attached hydrogens (tertiary/aromatic N) is 1. The van der Waals surface area contributed by atoms with Gasteiger partial charge in [-0.05, 0) is 76.6 Å². The third-order valence-electron chi connectivity index (χ3n) is 8.87. The minimum atomic E-state index is 0.202. The van der Waals surface area contributed by atoms with Crippen molar-refractivity contribution in [2.75, 3.05) is 5.32 Å². The predicted octanol–water partition coefficient (Wildman–Crippen LogP) is 12.0. The van der Waals surface area contributed by atoms with Crippen LogP contribution in [0.4, 0.5) is 5.69 Å². The van der Waals surface area contributed by atoms with Crippen LogP contribution in [0.5, 0.6) is 0 Å². The van der Waals surface area contributed by atoms with Gasteiger partial charge in [0.15, 0.2) is 5.84 Å². The molecule has 0 bridgehead atoms. The normalized spacial score (nSPS) is 13.1. The lowest BCUT2D eigenvalue weighted by Crippen LogP contribution is -2.16. The maximum atomic E-state index is 8.83. The molecular weight excluding hydrogens is 603 g/mol. The molecule has 0 unspecified atom stereocenters. The first-order chi connectivity index (χ1) is 23.7. The molecule has 1 aliphatic carbocycles. The fraction of sp³-hybridized carbons (Fsp3) is 0.0455. The van der Waals surface area contributed by atoms with Crippen molar-refractivity contribution in [2.45, 2.75) is 12.8 Å². The Morgan fingerprint density at radius 1 is 0.583 bits per heavy atom. The molecule has 0 amide bonds. The second kappa shape index (κ2) is 13.1. The van der Waals surface area contributed by atoms with E-state index >= 15 is 0 Å². The van der Waals surface area contributed by atoms with Gasteiger partial charge in [0.2, 0.25) is 0 Å². The number of amidine groups is 2. The smallest absolute Gasteiger partial charge is 0.154 e. The van der Waals surface area contributed by atoms with Crippen LogP contribution < -0.4 is 5.32 Å². The molecule has 48 heavy (non-hydrogen) atoms. The Hall–Kier alpha value is -5.84. The maximum absolute atomic E-state index is 8.83. The first kappa shape index (κ1) is 29.6. The topological polar surface area (TPSA) is 48.2 Å². The quantitative estimate of drug-likeness (QED) is 0.139. The summed E-state index contributed by atoms with van der Waals surface area (Å²) in [4.78, 5) is 4.77. The Labute approximate surface area is 284 Å². The van der Waals surface area contributed by atoms with Crippen molar-refractivity contribution < 1.29 is 0 Å². The summed E-state index contributed by atoms with van der Waals surface area (Å²) in [6.45, 7) is 0. The highest BCUT2D eigenvalue weighted by Gasteiger charge is 2.12. The van der Waals surface area contributed by atoms with E-state index in [2.05, 4.69) is 96.3 Å². The number of fused-ring (bicyclic) bond motifs is 3. The molecule has 0 spiro atoms. The Bertz CT molecular complexity index is 2350. The van der Waals surface area contributed by atoms with Crippen LogP contribution in [0, 0.1) is 5.41 Å². The van der Waals surface area contributed by atoms with Crippen molar-refractivity contribution in [3.63, 3.8) is 0 Å². The SMILES string of the molecule is N=C(/N=C(\Nc1ccc(-c2ccc3c(c2)sc2ccc(C4=CC=CCC4)cc23)cc1)c1ccccc1)c1ccc(-c2ccccc2)cc1. The molecule has 0 fully saturated rings. The van der Waals surface area contributed by atoms with E-state index < -0.39 is 0 Å². The molecular formula is C44H33N3S. The lowest BCUT2D eigenvalue weighted by Gasteiger charge is -2.12. The number of allylic oxidation sites excluding steroid dienone is 4. The molecule has 0 aliphatic heterocycles. The van der Waals surface area contributed by atoms with Crippen molar-refractivity contribution in [3.8, 4) is 22.3 Å². The average molecular weight is 636 g/mol. The average Bonchev–Trinajstić information content (AvgIpc) is 3.53. The summed E-state index contributed by atoms with van der Waals surface area (Å²) in [5.41, 5.74) is 9.95. The fourth-order valence-corrected chi connectivity index (χ4v) is 7.40. The summed E-state index contributed by atoms with van der Waals surface area (Å²) in [7, 11) is 0. The second-order valence-corrected chi connectivity index (χ2v) is 13.1. The molecule has 6 aromatic carbocycles. The van der Waals surface area contributed by atoms with E-state index in [0.29, 0.717) is 5.84 Å². The molecule has 0 atom stereocenters. The zero-order valence-corrected chi connectivity index (χ0v) is 27.2. The van der Waals surface area contributed by atoms with Crippen molar-refractivity contribution in [2.24, 2.45) is 4.99 Å². The van der Waals surface area contributed by atoms with Gasteiger partial charge >= 0.3 is 0 Å². The molecule has 8 rings (SSSR count). The van der Waals surface area contributed by atoms with Crippen molar-refractivity contribution in [1.29, 1.82) is 5.41 Å². The van der Waals surface area contributed by atoms with Crippen LogP contribution in [0.1, 0.15) is 29.5 Å². The van der Waals surface area contributed by atoms with Gasteiger partial charge in [-0.2, -0.15) is 0 Å². The van der Waals surface area contributed by atoms with Gasteiger partial charge in [-0.25, -0.2) is 4.99 Å². The van der Waals surface area contributed by atoms with Crippen molar-refractivity contribution in [1.82, 2.24) is 0 Å². The van der Waals surface area contributed by atoms with Crippen molar-refractivity contribution >= 4 is 54.4 Å². The molecule has 0 radical (unpaired) electrons. The summed E-state index contributed by atoms with van der Waals surface area (Å²) >= 11 is 1.86. The van der Waals surface area contributed by atoms with Gasteiger partial charge in [0.1, 0.15) is 5.84 Å². The molecule has 4 heteroatoms. The first-order valence-electron chi connectivity index (χ1n) is 16.3. The number of nitrogens with one attached hydrogen (secondary N) is 2. The molecule has 2 N–H and O–H groups in total. The third-order valence-corrected chi connectivity index (χ3v) is 10.0. The number of anilines is 1. The highest BCUT2D eigenvalue weighted by atomic mass is 32.1. The van der Waals surface area contributed by atoms with Gasteiger partial charge in [-0.15, -0.1) is 11.3 Å². The van der Waals surface area contributed by atoms with E-state index in [0.717, 1.165) is 46.3 Å². The molecule has 230 valence electrons.